The normalized spacial score (nSPS) is 26.5. The number of ether oxygens (including phenoxy) is 1. The molecule has 6 atom stereocenters. The Hall–Kier alpha value is -3.10. The summed E-state index contributed by atoms with van der Waals surface area (Å²) in [6.45, 7) is 10.8. The van der Waals surface area contributed by atoms with Crippen LogP contribution in [-0.2, 0) is 21.7 Å². The molecule has 8 heteroatoms. The predicted molar refractivity (Wildman–Crippen MR) is 168 cm³/mol. The average molecular weight is 593 g/mol. The second-order valence-electron chi connectivity index (χ2n) is 12.3. The number of aliphatic hydroxyl groups is 1. The molecule has 1 saturated carbocycles. The molecular formula is C34H44N2O5S. The molecule has 0 bridgehead atoms. The van der Waals surface area contributed by atoms with Crippen molar-refractivity contribution in [2.24, 2.45) is 17.6 Å². The van der Waals surface area contributed by atoms with Crippen LogP contribution in [-0.4, -0.2) is 55.7 Å². The van der Waals surface area contributed by atoms with E-state index in [0.717, 1.165) is 29.7 Å². The first-order valence-electron chi connectivity index (χ1n) is 15.2. The maximum Gasteiger partial charge on any atom is 0.248 e. The van der Waals surface area contributed by atoms with Gasteiger partial charge < -0.3 is 20.5 Å². The number of rotatable bonds is 11. The largest absolute Gasteiger partial charge is 0.490 e. The molecule has 0 saturated heterocycles. The Balaban J connectivity index is 1.64. The maximum atomic E-state index is 14.5. The van der Waals surface area contributed by atoms with E-state index < -0.39 is 37.8 Å². The number of benzene rings is 2. The topological polar surface area (TPSA) is 110 Å². The Labute approximate surface area is 250 Å². The van der Waals surface area contributed by atoms with Crippen molar-refractivity contribution in [3.63, 3.8) is 0 Å². The molecule has 1 heterocycles. The third-order valence-corrected chi connectivity index (χ3v) is 12.9. The molecule has 2 aromatic carbocycles. The van der Waals surface area contributed by atoms with Gasteiger partial charge in [-0.2, -0.15) is 0 Å². The van der Waals surface area contributed by atoms with Crippen molar-refractivity contribution >= 4 is 21.4 Å². The van der Waals surface area contributed by atoms with E-state index in [1.165, 1.54) is 0 Å². The summed E-state index contributed by atoms with van der Waals surface area (Å²) in [7, 11) is -3.59. The fraction of sp³-hybridized carbons (Fsp3) is 0.500. The number of amides is 1. The van der Waals surface area contributed by atoms with E-state index in [1.54, 1.807) is 30.4 Å². The predicted octanol–water partition coefficient (Wildman–Crippen LogP) is 4.97. The van der Waals surface area contributed by atoms with Crippen LogP contribution in [0.5, 0.6) is 5.75 Å². The van der Waals surface area contributed by atoms with E-state index in [0.29, 0.717) is 56.5 Å². The van der Waals surface area contributed by atoms with Crippen molar-refractivity contribution < 1.29 is 23.1 Å². The van der Waals surface area contributed by atoms with Crippen LogP contribution in [0.3, 0.4) is 0 Å². The highest BCUT2D eigenvalue weighted by Crippen LogP contribution is 2.49. The summed E-state index contributed by atoms with van der Waals surface area (Å²) in [6.07, 6.45) is 7.54. The Bertz CT molecular complexity index is 1440. The van der Waals surface area contributed by atoms with Gasteiger partial charge in [-0.3, -0.25) is 4.79 Å². The molecule has 1 fully saturated rings. The number of anilines is 1. The number of nitrogens with two attached hydrogens (primary N) is 1. The SMILES string of the molecule is C=CC[C@H](CC)S(=O)(=O)C1CCc2ccccc2C12COc1ccc(C(N)=O)cc1N(C[C@@H]1CC[C@H]1[C@@H](O)CC=C)C2. The van der Waals surface area contributed by atoms with Crippen molar-refractivity contribution in [1.29, 1.82) is 0 Å². The van der Waals surface area contributed by atoms with Gasteiger partial charge in [0.05, 0.1) is 27.7 Å². The van der Waals surface area contributed by atoms with Crippen LogP contribution in [0.4, 0.5) is 5.69 Å². The zero-order chi connectivity index (χ0) is 30.1. The van der Waals surface area contributed by atoms with Crippen molar-refractivity contribution in [3.8, 4) is 5.75 Å². The third-order valence-electron chi connectivity index (χ3n) is 9.97. The summed E-state index contributed by atoms with van der Waals surface area (Å²) >= 11 is 0. The van der Waals surface area contributed by atoms with E-state index in [2.05, 4.69) is 30.2 Å². The Kier molecular flexibility index (Phi) is 8.86. The Morgan fingerprint density at radius 2 is 1.93 bits per heavy atom. The van der Waals surface area contributed by atoms with Gasteiger partial charge in [-0.15, -0.1) is 13.2 Å². The Morgan fingerprint density at radius 1 is 1.17 bits per heavy atom. The van der Waals surface area contributed by atoms with E-state index in [4.69, 9.17) is 10.5 Å². The van der Waals surface area contributed by atoms with Crippen molar-refractivity contribution in [2.45, 2.75) is 73.9 Å². The second kappa shape index (κ2) is 12.3. The van der Waals surface area contributed by atoms with Crippen LogP contribution in [0.1, 0.15) is 66.9 Å². The highest BCUT2D eigenvalue weighted by Gasteiger charge is 2.54. The number of hydrogen-bond donors (Lipinski definition) is 2. The van der Waals surface area contributed by atoms with Crippen LogP contribution in [0.25, 0.3) is 0 Å². The summed E-state index contributed by atoms with van der Waals surface area (Å²) in [5.74, 6) is 0.411. The lowest BCUT2D eigenvalue weighted by Gasteiger charge is -2.48. The number of sulfone groups is 1. The first-order valence-corrected chi connectivity index (χ1v) is 16.8. The average Bonchev–Trinajstić information content (AvgIpc) is 3.11. The lowest BCUT2D eigenvalue weighted by molar-refractivity contribution is 0.0178. The van der Waals surface area contributed by atoms with Gasteiger partial charge in [0.1, 0.15) is 12.4 Å². The molecular weight excluding hydrogens is 548 g/mol. The fourth-order valence-electron chi connectivity index (χ4n) is 7.59. The number of nitrogens with zero attached hydrogens (tertiary/aromatic N) is 1. The third kappa shape index (κ3) is 5.39. The molecule has 0 radical (unpaired) electrons. The maximum absolute atomic E-state index is 14.5. The van der Waals surface area contributed by atoms with Crippen LogP contribution in [0.15, 0.2) is 67.8 Å². The summed E-state index contributed by atoms with van der Waals surface area (Å²) in [4.78, 5) is 14.4. The van der Waals surface area contributed by atoms with Gasteiger partial charge >= 0.3 is 0 Å². The van der Waals surface area contributed by atoms with Gasteiger partial charge in [-0.25, -0.2) is 8.42 Å². The highest BCUT2D eigenvalue weighted by atomic mass is 32.2. The van der Waals surface area contributed by atoms with Crippen LogP contribution < -0.4 is 15.4 Å². The lowest BCUT2D eigenvalue weighted by Crippen LogP contribution is -2.59. The zero-order valence-electron chi connectivity index (χ0n) is 24.6. The Morgan fingerprint density at radius 3 is 2.60 bits per heavy atom. The van der Waals surface area contributed by atoms with Crippen molar-refractivity contribution in [2.75, 3.05) is 24.6 Å². The van der Waals surface area contributed by atoms with Gasteiger partial charge in [0.2, 0.25) is 5.91 Å². The number of fused-ring (bicyclic) bond motifs is 3. The van der Waals surface area contributed by atoms with Crippen LogP contribution in [0, 0.1) is 11.8 Å². The van der Waals surface area contributed by atoms with Gasteiger partial charge in [-0.05, 0) is 86.1 Å². The molecule has 2 unspecified atom stereocenters. The molecule has 3 aliphatic rings. The smallest absolute Gasteiger partial charge is 0.248 e. The molecule has 7 nitrogen and oxygen atoms in total. The minimum Gasteiger partial charge on any atom is -0.490 e. The van der Waals surface area contributed by atoms with Gasteiger partial charge in [0, 0.05) is 18.7 Å². The van der Waals surface area contributed by atoms with E-state index in [-0.39, 0.29) is 18.4 Å². The molecule has 5 rings (SSSR count). The first kappa shape index (κ1) is 30.4. The molecule has 3 N–H and O–H groups in total. The molecule has 2 aromatic rings. The molecule has 226 valence electrons. The molecule has 0 aromatic heterocycles. The number of primary amides is 1. The fourth-order valence-corrected chi connectivity index (χ4v) is 10.3. The first-order chi connectivity index (χ1) is 20.2. The monoisotopic (exact) mass is 592 g/mol. The summed E-state index contributed by atoms with van der Waals surface area (Å²) in [6, 6.07) is 13.4. The van der Waals surface area contributed by atoms with Gasteiger partial charge in [-0.1, -0.05) is 43.3 Å². The molecule has 1 aliphatic heterocycles. The summed E-state index contributed by atoms with van der Waals surface area (Å²) in [5.41, 5.74) is 8.13. The minimum absolute atomic E-state index is 0.126. The zero-order valence-corrected chi connectivity index (χ0v) is 25.4. The molecule has 42 heavy (non-hydrogen) atoms. The number of aryl methyl sites for hydroxylation is 1. The van der Waals surface area contributed by atoms with Gasteiger partial charge in [0.15, 0.2) is 9.84 Å². The number of allylic oxidation sites excluding steroid dienone is 1. The minimum atomic E-state index is -3.59. The van der Waals surface area contributed by atoms with E-state index in [1.807, 2.05) is 19.1 Å². The van der Waals surface area contributed by atoms with E-state index in [9.17, 15) is 18.3 Å². The number of carbonyl (C=O) groups is 1. The number of hydrogen-bond acceptors (Lipinski definition) is 6. The van der Waals surface area contributed by atoms with Gasteiger partial charge in [0.25, 0.3) is 0 Å². The molecule has 1 spiro atoms. The molecule has 2 aliphatic carbocycles. The standard InChI is InChI=1S/C34H44N2O5S/c1-4-9-26(6-3)42(39,40)32-18-15-23-11-7-8-12-28(23)34(32)21-36(20-25-13-16-27(25)30(37)10-5-2)29-19-24(33(35)38)14-17-31(29)41-22-34/h4-5,7-8,11-12,14,17,19,25-27,30,32,37H,1-2,6,9-10,13,15-16,18,20-22H2,3H3,(H2,35,38)/t25-,26-,27+,30-,32?,34?/m0/s1. The lowest BCUT2D eigenvalue weighted by atomic mass is 9.68. The van der Waals surface area contributed by atoms with Crippen LogP contribution >= 0.6 is 0 Å². The van der Waals surface area contributed by atoms with Crippen molar-refractivity contribution in [1.82, 2.24) is 0 Å². The quantitative estimate of drug-likeness (QED) is 0.357. The number of aliphatic hydroxyl groups excluding tert-OH is 1. The number of carbonyl (C=O) groups excluding carboxylic acids is 1. The summed E-state index contributed by atoms with van der Waals surface area (Å²) < 4.78 is 35.6. The second-order valence-corrected chi connectivity index (χ2v) is 14.7. The van der Waals surface area contributed by atoms with Crippen LogP contribution in [0.2, 0.25) is 0 Å². The van der Waals surface area contributed by atoms with Crippen molar-refractivity contribution in [3.05, 3.63) is 84.5 Å². The summed E-state index contributed by atoms with van der Waals surface area (Å²) in [5, 5.41) is 9.66. The van der Waals surface area contributed by atoms with E-state index >= 15 is 0 Å². The highest BCUT2D eigenvalue weighted by molar-refractivity contribution is 7.92. The molecule has 1 amide bonds.